The smallest absolute Gasteiger partial charge is 0.251 e. The third-order valence-corrected chi connectivity index (χ3v) is 4.70. The van der Waals surface area contributed by atoms with E-state index in [0.717, 1.165) is 25.5 Å². The fourth-order valence-electron chi connectivity index (χ4n) is 3.32. The van der Waals surface area contributed by atoms with Crippen molar-refractivity contribution in [1.82, 2.24) is 15.5 Å². The third-order valence-electron chi connectivity index (χ3n) is 4.70. The van der Waals surface area contributed by atoms with Crippen molar-refractivity contribution < 1.29 is 4.79 Å². The molecule has 1 atom stereocenters. The summed E-state index contributed by atoms with van der Waals surface area (Å²) >= 11 is 0. The highest BCUT2D eigenvalue weighted by Crippen LogP contribution is 2.26. The van der Waals surface area contributed by atoms with Crippen LogP contribution in [0.2, 0.25) is 0 Å². The molecule has 1 aliphatic heterocycles. The Morgan fingerprint density at radius 2 is 1.67 bits per heavy atom. The predicted molar refractivity (Wildman–Crippen MR) is 121 cm³/mol. The molecule has 1 saturated heterocycles. The van der Waals surface area contributed by atoms with Crippen molar-refractivity contribution in [3.63, 3.8) is 0 Å². The lowest BCUT2D eigenvalue weighted by atomic mass is 9.99. The molecule has 0 saturated carbocycles. The number of hydrogen-bond acceptors (Lipinski definition) is 2. The van der Waals surface area contributed by atoms with Crippen molar-refractivity contribution >= 4 is 35.8 Å². The Hall–Kier alpha value is -2.09. The van der Waals surface area contributed by atoms with Crippen LogP contribution in [0, 0.1) is 0 Å². The zero-order valence-electron chi connectivity index (χ0n) is 15.6. The lowest BCUT2D eigenvalue weighted by molar-refractivity contribution is 0.0954. The van der Waals surface area contributed by atoms with Crippen molar-refractivity contribution in [2.75, 3.05) is 33.2 Å². The number of aliphatic imine (C=N–C) groups is 1. The summed E-state index contributed by atoms with van der Waals surface area (Å²) in [7, 11) is 1.81. The average Bonchev–Trinajstić information content (AvgIpc) is 3.19. The summed E-state index contributed by atoms with van der Waals surface area (Å²) in [5.41, 5.74) is 2.07. The summed E-state index contributed by atoms with van der Waals surface area (Å²) in [6, 6.07) is 19.9. The van der Waals surface area contributed by atoms with Crippen LogP contribution in [0.3, 0.4) is 0 Å². The molecule has 0 spiro atoms. The van der Waals surface area contributed by atoms with Crippen LogP contribution >= 0.6 is 24.0 Å². The predicted octanol–water partition coefficient (Wildman–Crippen LogP) is 3.10. The van der Waals surface area contributed by atoms with E-state index in [1.807, 2.05) is 30.3 Å². The Morgan fingerprint density at radius 3 is 2.33 bits per heavy atom. The van der Waals surface area contributed by atoms with Crippen LogP contribution in [-0.4, -0.2) is 50.0 Å². The van der Waals surface area contributed by atoms with Crippen LogP contribution in [0.5, 0.6) is 0 Å². The van der Waals surface area contributed by atoms with Gasteiger partial charge in [-0.1, -0.05) is 48.5 Å². The fourth-order valence-corrected chi connectivity index (χ4v) is 3.32. The number of rotatable bonds is 5. The van der Waals surface area contributed by atoms with Gasteiger partial charge < -0.3 is 15.5 Å². The summed E-state index contributed by atoms with van der Waals surface area (Å²) in [5.74, 6) is 1.40. The van der Waals surface area contributed by atoms with Gasteiger partial charge in [-0.3, -0.25) is 9.79 Å². The van der Waals surface area contributed by atoms with Gasteiger partial charge in [-0.2, -0.15) is 0 Å². The zero-order chi connectivity index (χ0) is 18.2. The molecule has 27 heavy (non-hydrogen) atoms. The number of amides is 1. The first-order valence-electron chi connectivity index (χ1n) is 9.11. The van der Waals surface area contributed by atoms with Crippen LogP contribution in [-0.2, 0) is 0 Å². The van der Waals surface area contributed by atoms with Gasteiger partial charge in [-0.05, 0) is 24.1 Å². The van der Waals surface area contributed by atoms with E-state index < -0.39 is 0 Å². The van der Waals surface area contributed by atoms with Gasteiger partial charge in [-0.25, -0.2) is 0 Å². The maximum atomic E-state index is 12.0. The Kier molecular flexibility index (Phi) is 8.57. The van der Waals surface area contributed by atoms with Crippen LogP contribution in [0.4, 0.5) is 0 Å². The molecule has 0 bridgehead atoms. The van der Waals surface area contributed by atoms with E-state index in [9.17, 15) is 4.79 Å². The van der Waals surface area contributed by atoms with Crippen LogP contribution in [0.1, 0.15) is 28.3 Å². The van der Waals surface area contributed by atoms with Crippen molar-refractivity contribution in [3.05, 3.63) is 71.8 Å². The topological polar surface area (TPSA) is 56.7 Å². The standard InChI is InChI=1S/C21H26N4O.HI/c1-22-21(24-14-13-23-20(26)18-10-6-3-7-11-18)25-15-12-19(16-25)17-8-4-2-5-9-17;/h2-11,19H,12-16H2,1H3,(H,22,24)(H,23,26);1H. The molecule has 6 heteroatoms. The lowest BCUT2D eigenvalue weighted by Crippen LogP contribution is -2.43. The number of likely N-dealkylation sites (tertiary alicyclic amines) is 1. The van der Waals surface area contributed by atoms with E-state index in [1.54, 1.807) is 7.05 Å². The molecule has 1 amide bonds. The number of carbonyl (C=O) groups is 1. The maximum Gasteiger partial charge on any atom is 0.251 e. The molecular weight excluding hydrogens is 451 g/mol. The normalized spacial score (nSPS) is 16.6. The summed E-state index contributed by atoms with van der Waals surface area (Å²) in [5, 5.41) is 6.28. The molecule has 1 heterocycles. The Bertz CT molecular complexity index is 736. The molecule has 0 radical (unpaired) electrons. The highest BCUT2D eigenvalue weighted by molar-refractivity contribution is 14.0. The summed E-state index contributed by atoms with van der Waals surface area (Å²) in [6.07, 6.45) is 1.13. The molecule has 1 fully saturated rings. The van der Waals surface area contributed by atoms with Crippen LogP contribution < -0.4 is 10.6 Å². The van der Waals surface area contributed by atoms with Gasteiger partial charge in [0.05, 0.1) is 0 Å². The third kappa shape index (κ3) is 5.95. The number of halogens is 1. The van der Waals surface area contributed by atoms with Crippen LogP contribution in [0.25, 0.3) is 0 Å². The average molecular weight is 478 g/mol. The number of benzene rings is 2. The minimum atomic E-state index is -0.0484. The SMILES string of the molecule is CN=C(NCCNC(=O)c1ccccc1)N1CCC(c2ccccc2)C1.I. The van der Waals surface area contributed by atoms with Gasteiger partial charge in [0, 0.05) is 44.7 Å². The second kappa shape index (κ2) is 10.9. The van der Waals surface area contributed by atoms with Crippen molar-refractivity contribution in [2.45, 2.75) is 12.3 Å². The van der Waals surface area contributed by atoms with Crippen molar-refractivity contribution in [2.24, 2.45) is 4.99 Å². The van der Waals surface area contributed by atoms with E-state index >= 15 is 0 Å². The highest BCUT2D eigenvalue weighted by Gasteiger charge is 2.25. The Labute approximate surface area is 178 Å². The molecule has 0 aromatic heterocycles. The monoisotopic (exact) mass is 478 g/mol. The minimum Gasteiger partial charge on any atom is -0.354 e. The molecule has 1 unspecified atom stereocenters. The summed E-state index contributed by atoms with van der Waals surface area (Å²) in [4.78, 5) is 18.7. The van der Waals surface area contributed by atoms with Gasteiger partial charge in [-0.15, -0.1) is 24.0 Å². The van der Waals surface area contributed by atoms with Gasteiger partial charge >= 0.3 is 0 Å². The number of carbonyl (C=O) groups excluding carboxylic acids is 1. The van der Waals surface area contributed by atoms with Crippen LogP contribution in [0.15, 0.2) is 65.7 Å². The summed E-state index contributed by atoms with van der Waals surface area (Å²) < 4.78 is 0. The van der Waals surface area contributed by atoms with Crippen molar-refractivity contribution in [3.8, 4) is 0 Å². The summed E-state index contributed by atoms with van der Waals surface area (Å²) in [6.45, 7) is 3.18. The van der Waals surface area contributed by atoms with E-state index in [2.05, 4.69) is 50.9 Å². The van der Waals surface area contributed by atoms with Crippen molar-refractivity contribution in [1.29, 1.82) is 0 Å². The first kappa shape index (κ1) is 21.2. The Balaban J connectivity index is 0.00000261. The maximum absolute atomic E-state index is 12.0. The second-order valence-electron chi connectivity index (χ2n) is 6.44. The molecule has 1 aliphatic rings. The number of guanidine groups is 1. The fraction of sp³-hybridized carbons (Fsp3) is 0.333. The quantitative estimate of drug-likeness (QED) is 0.301. The highest BCUT2D eigenvalue weighted by atomic mass is 127. The minimum absolute atomic E-state index is 0. The van der Waals surface area contributed by atoms with E-state index in [-0.39, 0.29) is 29.9 Å². The van der Waals surface area contributed by atoms with Gasteiger partial charge in [0.25, 0.3) is 5.91 Å². The molecule has 2 N–H and O–H groups in total. The van der Waals surface area contributed by atoms with Gasteiger partial charge in [0.1, 0.15) is 0 Å². The number of nitrogens with zero attached hydrogens (tertiary/aromatic N) is 2. The molecule has 3 rings (SSSR count). The number of nitrogens with one attached hydrogen (secondary N) is 2. The molecule has 2 aromatic carbocycles. The molecule has 144 valence electrons. The zero-order valence-corrected chi connectivity index (χ0v) is 17.9. The van der Waals surface area contributed by atoms with E-state index in [4.69, 9.17) is 0 Å². The number of hydrogen-bond donors (Lipinski definition) is 2. The van der Waals surface area contributed by atoms with E-state index in [0.29, 0.717) is 24.6 Å². The van der Waals surface area contributed by atoms with Gasteiger partial charge in [0.2, 0.25) is 0 Å². The molecule has 2 aromatic rings. The lowest BCUT2D eigenvalue weighted by Gasteiger charge is -2.22. The van der Waals surface area contributed by atoms with E-state index in [1.165, 1.54) is 5.56 Å². The molecule has 0 aliphatic carbocycles. The van der Waals surface area contributed by atoms with Gasteiger partial charge in [0.15, 0.2) is 5.96 Å². The molecular formula is C21H27IN4O. The first-order chi connectivity index (χ1) is 12.8. The second-order valence-corrected chi connectivity index (χ2v) is 6.44. The molecule has 5 nitrogen and oxygen atoms in total. The Morgan fingerprint density at radius 1 is 1.04 bits per heavy atom. The largest absolute Gasteiger partial charge is 0.354 e. The first-order valence-corrected chi connectivity index (χ1v) is 9.11.